The fourth-order valence-corrected chi connectivity index (χ4v) is 2.13. The van der Waals surface area contributed by atoms with Gasteiger partial charge in [0.05, 0.1) is 5.02 Å². The van der Waals surface area contributed by atoms with E-state index in [0.717, 1.165) is 10.5 Å². The van der Waals surface area contributed by atoms with Gasteiger partial charge in [0.25, 0.3) is 0 Å². The summed E-state index contributed by atoms with van der Waals surface area (Å²) in [5.41, 5.74) is 7.10. The van der Waals surface area contributed by atoms with Gasteiger partial charge < -0.3 is 5.73 Å². The minimum Gasteiger partial charge on any atom is -0.375 e. The Balaban J connectivity index is 2.88. The van der Waals surface area contributed by atoms with Gasteiger partial charge in [0.1, 0.15) is 10.3 Å². The van der Waals surface area contributed by atoms with Gasteiger partial charge in [-0.1, -0.05) is 22.9 Å². The number of rotatable bonds is 0. The quantitative estimate of drug-likeness (QED) is 0.708. The molecule has 5 heteroatoms. The molecule has 0 unspecified atom stereocenters. The van der Waals surface area contributed by atoms with Gasteiger partial charge in [0, 0.05) is 5.69 Å². The Bertz CT molecular complexity index is 437. The molecular formula is C7H6ClN3S. The Hall–Kier alpha value is -0.870. The van der Waals surface area contributed by atoms with Gasteiger partial charge in [-0.3, -0.25) is 0 Å². The molecule has 2 N–H and O–H groups in total. The molecule has 0 atom stereocenters. The Kier molecular flexibility index (Phi) is 1.66. The molecule has 0 bridgehead atoms. The standard InChI is InChI=1S/C7H6ClN3S/c1-3-2-4(8)5-6(10-3)12-7(9)11-5/h2H,1H3,(H2,9,11). The molecule has 0 spiro atoms. The van der Waals surface area contributed by atoms with Crippen LogP contribution < -0.4 is 5.73 Å². The fraction of sp³-hybridized carbons (Fsp3) is 0.143. The molecule has 2 heterocycles. The van der Waals surface area contributed by atoms with Crippen LogP contribution in [0.1, 0.15) is 5.69 Å². The van der Waals surface area contributed by atoms with Crippen LogP contribution in [0.2, 0.25) is 5.02 Å². The molecule has 12 heavy (non-hydrogen) atoms. The molecule has 62 valence electrons. The van der Waals surface area contributed by atoms with Crippen LogP contribution in [-0.4, -0.2) is 9.97 Å². The number of hydrogen-bond donors (Lipinski definition) is 1. The lowest BCUT2D eigenvalue weighted by molar-refractivity contribution is 1.26. The summed E-state index contributed by atoms with van der Waals surface area (Å²) < 4.78 is 0. The number of thiazole rings is 1. The maximum absolute atomic E-state index is 5.92. The van der Waals surface area contributed by atoms with Crippen LogP contribution in [0.3, 0.4) is 0 Å². The number of aryl methyl sites for hydroxylation is 1. The molecule has 3 nitrogen and oxygen atoms in total. The van der Waals surface area contributed by atoms with Crippen molar-refractivity contribution < 1.29 is 0 Å². The number of fused-ring (bicyclic) bond motifs is 1. The molecule has 0 radical (unpaired) electrons. The second-order valence-corrected chi connectivity index (χ2v) is 3.87. The van der Waals surface area contributed by atoms with Gasteiger partial charge >= 0.3 is 0 Å². The van der Waals surface area contributed by atoms with Gasteiger partial charge in [0.2, 0.25) is 0 Å². The Morgan fingerprint density at radius 3 is 3.00 bits per heavy atom. The van der Waals surface area contributed by atoms with Crippen LogP contribution >= 0.6 is 22.9 Å². The van der Waals surface area contributed by atoms with Gasteiger partial charge in [-0.05, 0) is 13.0 Å². The molecule has 0 fully saturated rings. The van der Waals surface area contributed by atoms with E-state index in [1.807, 2.05) is 6.92 Å². The van der Waals surface area contributed by atoms with Gasteiger partial charge in [0.15, 0.2) is 5.13 Å². The monoisotopic (exact) mass is 199 g/mol. The van der Waals surface area contributed by atoms with E-state index in [1.54, 1.807) is 6.07 Å². The van der Waals surface area contributed by atoms with Crippen molar-refractivity contribution >= 4 is 38.4 Å². The molecule has 2 aromatic rings. The minimum atomic E-state index is 0.505. The smallest absolute Gasteiger partial charge is 0.182 e. The highest BCUT2D eigenvalue weighted by Gasteiger charge is 2.06. The van der Waals surface area contributed by atoms with Crippen molar-refractivity contribution in [3.63, 3.8) is 0 Å². The largest absolute Gasteiger partial charge is 0.375 e. The summed E-state index contributed by atoms with van der Waals surface area (Å²) in [4.78, 5) is 9.11. The number of aromatic nitrogens is 2. The zero-order valence-electron chi connectivity index (χ0n) is 6.34. The van der Waals surface area contributed by atoms with Crippen LogP contribution in [0.4, 0.5) is 5.13 Å². The number of anilines is 1. The fourth-order valence-electron chi connectivity index (χ4n) is 1.00. The molecule has 0 aliphatic heterocycles. The highest BCUT2D eigenvalue weighted by molar-refractivity contribution is 7.21. The molecule has 2 aromatic heterocycles. The van der Waals surface area contributed by atoms with Crippen LogP contribution in [0, 0.1) is 6.92 Å². The Labute approximate surface area is 78.2 Å². The Morgan fingerprint density at radius 1 is 1.50 bits per heavy atom. The molecule has 2 rings (SSSR count). The molecular weight excluding hydrogens is 194 g/mol. The van der Waals surface area contributed by atoms with E-state index in [0.29, 0.717) is 15.7 Å². The van der Waals surface area contributed by atoms with Gasteiger partial charge in [-0.15, -0.1) is 0 Å². The van der Waals surface area contributed by atoms with E-state index < -0.39 is 0 Å². The van der Waals surface area contributed by atoms with E-state index in [-0.39, 0.29) is 0 Å². The summed E-state index contributed by atoms with van der Waals surface area (Å²) in [6.07, 6.45) is 0. The van der Waals surface area contributed by atoms with E-state index in [2.05, 4.69) is 9.97 Å². The maximum atomic E-state index is 5.92. The summed E-state index contributed by atoms with van der Waals surface area (Å²) in [6, 6.07) is 1.78. The van der Waals surface area contributed by atoms with Crippen molar-refractivity contribution in [1.29, 1.82) is 0 Å². The van der Waals surface area contributed by atoms with Crippen LogP contribution in [0.25, 0.3) is 10.3 Å². The lowest BCUT2D eigenvalue weighted by atomic mass is 10.4. The Morgan fingerprint density at radius 2 is 2.25 bits per heavy atom. The van der Waals surface area contributed by atoms with Gasteiger partial charge in [-0.2, -0.15) is 0 Å². The predicted octanol–water partition coefficient (Wildman–Crippen LogP) is 2.24. The summed E-state index contributed by atoms with van der Waals surface area (Å²) in [6.45, 7) is 1.89. The van der Waals surface area contributed by atoms with Crippen molar-refractivity contribution in [3.8, 4) is 0 Å². The van der Waals surface area contributed by atoms with Crippen molar-refractivity contribution in [1.82, 2.24) is 9.97 Å². The van der Waals surface area contributed by atoms with Crippen LogP contribution in [0.15, 0.2) is 6.07 Å². The first kappa shape index (κ1) is 7.76. The van der Waals surface area contributed by atoms with Crippen molar-refractivity contribution in [3.05, 3.63) is 16.8 Å². The molecule has 0 aliphatic carbocycles. The second-order valence-electron chi connectivity index (χ2n) is 2.45. The first-order valence-electron chi connectivity index (χ1n) is 3.36. The van der Waals surface area contributed by atoms with Gasteiger partial charge in [-0.25, -0.2) is 9.97 Å². The summed E-state index contributed by atoms with van der Waals surface area (Å²) >= 11 is 7.28. The molecule has 0 aromatic carbocycles. The van der Waals surface area contributed by atoms with Crippen molar-refractivity contribution in [2.45, 2.75) is 6.92 Å². The van der Waals surface area contributed by atoms with Crippen molar-refractivity contribution in [2.24, 2.45) is 0 Å². The average Bonchev–Trinajstić information content (AvgIpc) is 2.29. The van der Waals surface area contributed by atoms with E-state index in [1.165, 1.54) is 11.3 Å². The number of hydrogen-bond acceptors (Lipinski definition) is 4. The first-order valence-corrected chi connectivity index (χ1v) is 4.55. The molecule has 0 amide bonds. The summed E-state index contributed by atoms with van der Waals surface area (Å²) in [7, 11) is 0. The third kappa shape index (κ3) is 1.13. The molecule has 0 saturated carbocycles. The lowest BCUT2D eigenvalue weighted by Gasteiger charge is -1.92. The predicted molar refractivity (Wildman–Crippen MR) is 51.6 cm³/mol. The van der Waals surface area contributed by atoms with Crippen LogP contribution in [-0.2, 0) is 0 Å². The normalized spacial score (nSPS) is 10.8. The second kappa shape index (κ2) is 2.57. The summed E-state index contributed by atoms with van der Waals surface area (Å²) in [5, 5.41) is 1.12. The SMILES string of the molecule is Cc1cc(Cl)c2nc(N)sc2n1. The van der Waals surface area contributed by atoms with E-state index in [4.69, 9.17) is 17.3 Å². The molecule has 0 saturated heterocycles. The maximum Gasteiger partial charge on any atom is 0.182 e. The minimum absolute atomic E-state index is 0.505. The number of halogens is 1. The number of nitrogens with zero attached hydrogens (tertiary/aromatic N) is 2. The number of pyridine rings is 1. The topological polar surface area (TPSA) is 51.8 Å². The van der Waals surface area contributed by atoms with Crippen LogP contribution in [0.5, 0.6) is 0 Å². The average molecular weight is 200 g/mol. The highest BCUT2D eigenvalue weighted by atomic mass is 35.5. The lowest BCUT2D eigenvalue weighted by Crippen LogP contribution is -1.82. The number of nitrogens with two attached hydrogens (primary N) is 1. The third-order valence-corrected chi connectivity index (χ3v) is 2.53. The highest BCUT2D eigenvalue weighted by Crippen LogP contribution is 2.27. The third-order valence-electron chi connectivity index (χ3n) is 1.47. The van der Waals surface area contributed by atoms with Crippen molar-refractivity contribution in [2.75, 3.05) is 5.73 Å². The zero-order chi connectivity index (χ0) is 8.72. The zero-order valence-corrected chi connectivity index (χ0v) is 7.91. The van der Waals surface area contributed by atoms with E-state index >= 15 is 0 Å². The molecule has 0 aliphatic rings. The first-order chi connectivity index (χ1) is 5.66. The summed E-state index contributed by atoms with van der Waals surface area (Å²) in [5.74, 6) is 0. The number of nitrogen functional groups attached to an aromatic ring is 1. The van der Waals surface area contributed by atoms with E-state index in [9.17, 15) is 0 Å².